The Hall–Kier alpha value is -0.0900. The zero-order chi connectivity index (χ0) is 14.5. The summed E-state index contributed by atoms with van der Waals surface area (Å²) >= 11 is 7.62. The van der Waals surface area contributed by atoms with Crippen molar-refractivity contribution >= 4 is 22.9 Å². The van der Waals surface area contributed by atoms with Gasteiger partial charge in [-0.2, -0.15) is 0 Å². The first kappa shape index (κ1) is 14.8. The van der Waals surface area contributed by atoms with Crippen LogP contribution in [-0.2, 0) is 4.74 Å². The number of hydrogen-bond donors (Lipinski definition) is 1. The molecule has 0 spiro atoms. The van der Waals surface area contributed by atoms with Gasteiger partial charge in [-0.15, -0.1) is 11.3 Å². The summed E-state index contributed by atoms with van der Waals surface area (Å²) in [6, 6.07) is 3.98. The van der Waals surface area contributed by atoms with E-state index in [2.05, 4.69) is 20.8 Å². The Kier molecular flexibility index (Phi) is 3.69. The number of rotatable bonds is 4. The van der Waals surface area contributed by atoms with Gasteiger partial charge in [0.25, 0.3) is 0 Å². The molecule has 0 aromatic carbocycles. The van der Waals surface area contributed by atoms with Gasteiger partial charge in [0.2, 0.25) is 0 Å². The van der Waals surface area contributed by atoms with E-state index in [0.717, 1.165) is 15.1 Å². The Bertz CT molecular complexity index is 500. The molecule has 1 aromatic heterocycles. The molecule has 0 radical (unpaired) electrons. The zero-order valence-electron chi connectivity index (χ0n) is 12.5. The lowest BCUT2D eigenvalue weighted by molar-refractivity contribution is -0.0837. The molecule has 1 aromatic rings. The fourth-order valence-corrected chi connectivity index (χ4v) is 5.39. The monoisotopic (exact) mass is 313 g/mol. The number of ether oxygens (including phenoxy) is 1. The minimum absolute atomic E-state index is 0.00975. The lowest BCUT2D eigenvalue weighted by atomic mass is 9.70. The first-order valence-electron chi connectivity index (χ1n) is 7.49. The van der Waals surface area contributed by atoms with Crippen LogP contribution in [0.5, 0.6) is 0 Å². The predicted molar refractivity (Wildman–Crippen MR) is 85.2 cm³/mol. The van der Waals surface area contributed by atoms with Crippen LogP contribution in [0, 0.1) is 16.7 Å². The van der Waals surface area contributed by atoms with Crippen LogP contribution in [-0.4, -0.2) is 12.6 Å². The topological polar surface area (TPSA) is 35.2 Å². The van der Waals surface area contributed by atoms with Gasteiger partial charge in [-0.3, -0.25) is 0 Å². The molecule has 2 nitrogen and oxygen atoms in total. The van der Waals surface area contributed by atoms with Crippen molar-refractivity contribution in [2.75, 3.05) is 6.54 Å². The van der Waals surface area contributed by atoms with Crippen molar-refractivity contribution in [1.29, 1.82) is 0 Å². The van der Waals surface area contributed by atoms with Crippen LogP contribution in [0.25, 0.3) is 0 Å². The second-order valence-corrected chi connectivity index (χ2v) is 8.85. The van der Waals surface area contributed by atoms with Crippen molar-refractivity contribution in [3.63, 3.8) is 0 Å². The molecule has 1 heterocycles. The normalized spacial score (nSPS) is 36.5. The lowest BCUT2D eigenvalue weighted by Crippen LogP contribution is -2.38. The largest absolute Gasteiger partial charge is 0.368 e. The third-order valence-electron chi connectivity index (χ3n) is 6.17. The van der Waals surface area contributed by atoms with E-state index >= 15 is 0 Å². The third kappa shape index (κ3) is 2.06. The minimum atomic E-state index is -0.00975. The SMILES string of the molecule is CC1(C)C2CCC1(C)C(OC(CN)c1ccc(Cl)s1)C2. The van der Waals surface area contributed by atoms with Crippen molar-refractivity contribution in [3.8, 4) is 0 Å². The summed E-state index contributed by atoms with van der Waals surface area (Å²) in [7, 11) is 0. The molecule has 2 aliphatic rings. The lowest BCUT2D eigenvalue weighted by Gasteiger charge is -2.40. The molecular weight excluding hydrogens is 290 g/mol. The summed E-state index contributed by atoms with van der Waals surface area (Å²) in [6.07, 6.45) is 4.12. The van der Waals surface area contributed by atoms with Crippen molar-refractivity contribution in [2.24, 2.45) is 22.5 Å². The minimum Gasteiger partial charge on any atom is -0.368 e. The Morgan fingerprint density at radius 3 is 2.65 bits per heavy atom. The van der Waals surface area contributed by atoms with E-state index in [4.69, 9.17) is 22.1 Å². The smallest absolute Gasteiger partial charge is 0.104 e. The summed E-state index contributed by atoms with van der Waals surface area (Å²) in [4.78, 5) is 1.15. The molecule has 2 fully saturated rings. The van der Waals surface area contributed by atoms with Gasteiger partial charge in [0.15, 0.2) is 0 Å². The summed E-state index contributed by atoms with van der Waals surface area (Å²) < 4.78 is 7.27. The highest BCUT2D eigenvalue weighted by molar-refractivity contribution is 7.16. The summed E-state index contributed by atoms with van der Waals surface area (Å²) in [5, 5.41) is 0. The first-order valence-corrected chi connectivity index (χ1v) is 8.68. The van der Waals surface area contributed by atoms with Crippen LogP contribution in [0.4, 0.5) is 0 Å². The van der Waals surface area contributed by atoms with E-state index < -0.39 is 0 Å². The highest BCUT2D eigenvalue weighted by Gasteiger charge is 2.62. The molecule has 0 amide bonds. The molecule has 2 saturated carbocycles. The zero-order valence-corrected chi connectivity index (χ0v) is 14.1. The van der Waals surface area contributed by atoms with Gasteiger partial charge in [-0.1, -0.05) is 32.4 Å². The van der Waals surface area contributed by atoms with E-state index in [1.807, 2.05) is 12.1 Å². The molecule has 3 rings (SSSR count). The van der Waals surface area contributed by atoms with Gasteiger partial charge >= 0.3 is 0 Å². The van der Waals surface area contributed by atoms with Crippen LogP contribution >= 0.6 is 22.9 Å². The van der Waals surface area contributed by atoms with E-state index in [0.29, 0.717) is 18.1 Å². The van der Waals surface area contributed by atoms with E-state index in [1.165, 1.54) is 19.3 Å². The maximum Gasteiger partial charge on any atom is 0.104 e. The van der Waals surface area contributed by atoms with Crippen LogP contribution < -0.4 is 5.73 Å². The highest BCUT2D eigenvalue weighted by atomic mass is 35.5. The van der Waals surface area contributed by atoms with Gasteiger partial charge in [-0.05, 0) is 48.1 Å². The number of nitrogens with two attached hydrogens (primary N) is 1. The van der Waals surface area contributed by atoms with Gasteiger partial charge in [-0.25, -0.2) is 0 Å². The van der Waals surface area contributed by atoms with Crippen LogP contribution in [0.3, 0.4) is 0 Å². The van der Waals surface area contributed by atoms with Gasteiger partial charge in [0.05, 0.1) is 10.4 Å². The summed E-state index contributed by atoms with van der Waals surface area (Å²) in [5.41, 5.74) is 6.60. The number of halogens is 1. The molecule has 0 saturated heterocycles. The molecule has 4 atom stereocenters. The maximum absolute atomic E-state index is 6.46. The van der Waals surface area contributed by atoms with Crippen LogP contribution in [0.1, 0.15) is 51.0 Å². The van der Waals surface area contributed by atoms with Gasteiger partial charge < -0.3 is 10.5 Å². The molecule has 4 heteroatoms. The van der Waals surface area contributed by atoms with E-state index in [-0.39, 0.29) is 11.5 Å². The van der Waals surface area contributed by atoms with Crippen LogP contribution in [0.2, 0.25) is 4.34 Å². The molecule has 112 valence electrons. The van der Waals surface area contributed by atoms with Crippen molar-refractivity contribution in [2.45, 2.75) is 52.2 Å². The first-order chi connectivity index (χ1) is 9.38. The number of thiophene rings is 1. The van der Waals surface area contributed by atoms with Gasteiger partial charge in [0, 0.05) is 11.4 Å². The molecule has 2 N–H and O–H groups in total. The third-order valence-corrected chi connectivity index (χ3v) is 7.49. The second-order valence-electron chi connectivity index (χ2n) is 7.10. The molecule has 20 heavy (non-hydrogen) atoms. The quantitative estimate of drug-likeness (QED) is 0.879. The van der Waals surface area contributed by atoms with Crippen LogP contribution in [0.15, 0.2) is 12.1 Å². The maximum atomic E-state index is 6.46. The second kappa shape index (κ2) is 4.98. The fourth-order valence-electron chi connectivity index (χ4n) is 4.27. The highest BCUT2D eigenvalue weighted by Crippen LogP contribution is 2.66. The Labute approximate surface area is 130 Å². The number of hydrogen-bond acceptors (Lipinski definition) is 3. The Morgan fingerprint density at radius 1 is 1.45 bits per heavy atom. The Morgan fingerprint density at radius 2 is 2.20 bits per heavy atom. The molecule has 2 bridgehead atoms. The standard InChI is InChI=1S/C16H24ClNOS/c1-15(2)10-6-7-16(15,3)13(8-10)19-11(9-18)12-4-5-14(17)20-12/h4-5,10-11,13H,6-9,18H2,1-3H3. The number of fused-ring (bicyclic) bond motifs is 2. The molecule has 4 unspecified atom stereocenters. The van der Waals surface area contributed by atoms with E-state index in [1.54, 1.807) is 11.3 Å². The average molecular weight is 314 g/mol. The molecule has 0 aliphatic heterocycles. The molecular formula is C16H24ClNOS. The van der Waals surface area contributed by atoms with Gasteiger partial charge in [0.1, 0.15) is 6.10 Å². The fraction of sp³-hybridized carbons (Fsp3) is 0.750. The van der Waals surface area contributed by atoms with E-state index in [9.17, 15) is 0 Å². The summed E-state index contributed by atoms with van der Waals surface area (Å²) in [6.45, 7) is 7.75. The van der Waals surface area contributed by atoms with Crippen molar-refractivity contribution in [3.05, 3.63) is 21.3 Å². The Balaban J connectivity index is 1.78. The predicted octanol–water partition coefficient (Wildman–Crippen LogP) is 4.63. The molecule has 2 aliphatic carbocycles. The van der Waals surface area contributed by atoms with Crippen molar-refractivity contribution < 1.29 is 4.74 Å². The average Bonchev–Trinajstić information content (AvgIpc) is 2.97. The summed E-state index contributed by atoms with van der Waals surface area (Å²) in [5.74, 6) is 0.794. The van der Waals surface area contributed by atoms with Crippen molar-refractivity contribution in [1.82, 2.24) is 0 Å².